The lowest BCUT2D eigenvalue weighted by Gasteiger charge is -2.23. The Kier molecular flexibility index (Phi) is 4.60. The Morgan fingerprint density at radius 2 is 1.82 bits per heavy atom. The molecule has 0 aliphatic carbocycles. The van der Waals surface area contributed by atoms with Crippen LogP contribution in [-0.2, 0) is 11.3 Å². The van der Waals surface area contributed by atoms with Gasteiger partial charge in [0.25, 0.3) is 0 Å². The van der Waals surface area contributed by atoms with E-state index in [-0.39, 0.29) is 0 Å². The minimum absolute atomic E-state index is 0.619. The van der Waals surface area contributed by atoms with Crippen molar-refractivity contribution in [2.45, 2.75) is 39.3 Å². The van der Waals surface area contributed by atoms with Crippen molar-refractivity contribution in [1.29, 1.82) is 0 Å². The number of rotatable bonds is 3. The van der Waals surface area contributed by atoms with E-state index in [0.29, 0.717) is 6.04 Å². The van der Waals surface area contributed by atoms with E-state index in [2.05, 4.69) is 47.2 Å². The molecular formula is C14H20BrNO. The van der Waals surface area contributed by atoms with Gasteiger partial charge in [0.05, 0.1) is 0 Å². The molecule has 1 fully saturated rings. The first-order chi connectivity index (χ1) is 8.16. The summed E-state index contributed by atoms with van der Waals surface area (Å²) in [5.74, 6) is 0. The van der Waals surface area contributed by atoms with E-state index in [4.69, 9.17) is 4.74 Å². The van der Waals surface area contributed by atoms with E-state index in [9.17, 15) is 0 Å². The lowest BCUT2D eigenvalue weighted by atomic mass is 10.1. The molecule has 0 aromatic heterocycles. The fourth-order valence-corrected chi connectivity index (χ4v) is 2.53. The molecule has 1 aliphatic heterocycles. The summed E-state index contributed by atoms with van der Waals surface area (Å²) < 4.78 is 6.59. The van der Waals surface area contributed by atoms with Crippen LogP contribution in [0, 0.1) is 13.8 Å². The van der Waals surface area contributed by atoms with Crippen LogP contribution in [0.15, 0.2) is 16.6 Å². The summed E-state index contributed by atoms with van der Waals surface area (Å²) in [6.07, 6.45) is 2.27. The lowest BCUT2D eigenvalue weighted by Crippen LogP contribution is -2.34. The fourth-order valence-electron chi connectivity index (χ4n) is 2.30. The monoisotopic (exact) mass is 297 g/mol. The summed E-state index contributed by atoms with van der Waals surface area (Å²) in [5.41, 5.74) is 4.00. The SMILES string of the molecule is Cc1cc(CNC2CCOCC2)cc(C)c1Br. The molecule has 17 heavy (non-hydrogen) atoms. The van der Waals surface area contributed by atoms with Crippen LogP contribution in [0.4, 0.5) is 0 Å². The average molecular weight is 298 g/mol. The Hall–Kier alpha value is -0.380. The average Bonchev–Trinajstić information content (AvgIpc) is 2.34. The molecule has 1 aliphatic rings. The maximum absolute atomic E-state index is 5.36. The van der Waals surface area contributed by atoms with Crippen LogP contribution in [0.5, 0.6) is 0 Å². The summed E-state index contributed by atoms with van der Waals surface area (Å²) in [6.45, 7) is 7.05. The molecule has 0 saturated carbocycles. The second-order valence-electron chi connectivity index (χ2n) is 4.81. The Morgan fingerprint density at radius 1 is 1.24 bits per heavy atom. The van der Waals surface area contributed by atoms with Crippen LogP contribution in [0.3, 0.4) is 0 Å². The van der Waals surface area contributed by atoms with Crippen molar-refractivity contribution in [3.63, 3.8) is 0 Å². The molecule has 0 spiro atoms. The summed E-state index contributed by atoms with van der Waals surface area (Å²) in [7, 11) is 0. The van der Waals surface area contributed by atoms with Gasteiger partial charge in [-0.1, -0.05) is 28.1 Å². The van der Waals surface area contributed by atoms with Crippen molar-refractivity contribution in [2.75, 3.05) is 13.2 Å². The van der Waals surface area contributed by atoms with Gasteiger partial charge in [0.2, 0.25) is 0 Å². The van der Waals surface area contributed by atoms with Gasteiger partial charge in [-0.2, -0.15) is 0 Å². The van der Waals surface area contributed by atoms with Crippen LogP contribution in [0.25, 0.3) is 0 Å². The standard InChI is InChI=1S/C14H20BrNO/c1-10-7-12(8-11(2)14(10)15)9-16-13-3-5-17-6-4-13/h7-8,13,16H,3-6,9H2,1-2H3. The molecule has 1 aromatic carbocycles. The molecule has 1 aromatic rings. The first-order valence-electron chi connectivity index (χ1n) is 6.23. The summed E-state index contributed by atoms with van der Waals surface area (Å²) in [6, 6.07) is 5.13. The highest BCUT2D eigenvalue weighted by Gasteiger charge is 2.13. The quantitative estimate of drug-likeness (QED) is 0.924. The molecule has 1 N–H and O–H groups in total. The van der Waals surface area contributed by atoms with Gasteiger partial charge in [0.1, 0.15) is 0 Å². The predicted octanol–water partition coefficient (Wildman–Crippen LogP) is 3.33. The van der Waals surface area contributed by atoms with Gasteiger partial charge < -0.3 is 10.1 Å². The van der Waals surface area contributed by atoms with Gasteiger partial charge >= 0.3 is 0 Å². The molecule has 0 bridgehead atoms. The van der Waals surface area contributed by atoms with E-state index in [1.165, 1.54) is 21.2 Å². The Balaban J connectivity index is 1.94. The maximum Gasteiger partial charge on any atom is 0.0480 e. The number of nitrogens with one attached hydrogen (secondary N) is 1. The second-order valence-corrected chi connectivity index (χ2v) is 5.60. The van der Waals surface area contributed by atoms with Gasteiger partial charge in [-0.05, 0) is 43.4 Å². The molecule has 1 heterocycles. The van der Waals surface area contributed by atoms with E-state index in [0.717, 1.165) is 32.6 Å². The molecule has 1 saturated heterocycles. The van der Waals surface area contributed by atoms with Crippen molar-refractivity contribution < 1.29 is 4.74 Å². The topological polar surface area (TPSA) is 21.3 Å². The van der Waals surface area contributed by atoms with E-state index >= 15 is 0 Å². The van der Waals surface area contributed by atoms with Crippen molar-refractivity contribution in [1.82, 2.24) is 5.32 Å². The molecule has 2 nitrogen and oxygen atoms in total. The zero-order valence-electron chi connectivity index (χ0n) is 10.6. The largest absolute Gasteiger partial charge is 0.381 e. The Labute approximate surface area is 112 Å². The van der Waals surface area contributed by atoms with Crippen molar-refractivity contribution in [3.8, 4) is 0 Å². The van der Waals surface area contributed by atoms with Crippen LogP contribution >= 0.6 is 15.9 Å². The summed E-state index contributed by atoms with van der Waals surface area (Å²) >= 11 is 3.60. The number of ether oxygens (including phenoxy) is 1. The van der Waals surface area contributed by atoms with Crippen LogP contribution in [-0.4, -0.2) is 19.3 Å². The Morgan fingerprint density at radius 3 is 2.41 bits per heavy atom. The zero-order chi connectivity index (χ0) is 12.3. The molecule has 0 unspecified atom stereocenters. The number of benzene rings is 1. The third kappa shape index (κ3) is 3.54. The third-order valence-electron chi connectivity index (χ3n) is 3.31. The minimum Gasteiger partial charge on any atom is -0.381 e. The predicted molar refractivity (Wildman–Crippen MR) is 74.3 cm³/mol. The van der Waals surface area contributed by atoms with E-state index in [1.807, 2.05) is 0 Å². The zero-order valence-corrected chi connectivity index (χ0v) is 12.1. The first kappa shape index (κ1) is 13.1. The van der Waals surface area contributed by atoms with Gasteiger partial charge in [-0.25, -0.2) is 0 Å². The number of aryl methyl sites for hydroxylation is 2. The van der Waals surface area contributed by atoms with Gasteiger partial charge in [0, 0.05) is 30.3 Å². The first-order valence-corrected chi connectivity index (χ1v) is 7.03. The van der Waals surface area contributed by atoms with Crippen LogP contribution in [0.1, 0.15) is 29.5 Å². The highest BCUT2D eigenvalue weighted by atomic mass is 79.9. The van der Waals surface area contributed by atoms with Crippen molar-refractivity contribution in [2.24, 2.45) is 0 Å². The fraction of sp³-hybridized carbons (Fsp3) is 0.571. The van der Waals surface area contributed by atoms with Gasteiger partial charge in [-0.15, -0.1) is 0 Å². The number of halogens is 1. The lowest BCUT2D eigenvalue weighted by molar-refractivity contribution is 0.0776. The van der Waals surface area contributed by atoms with E-state index < -0.39 is 0 Å². The third-order valence-corrected chi connectivity index (χ3v) is 4.56. The molecular weight excluding hydrogens is 278 g/mol. The van der Waals surface area contributed by atoms with Crippen molar-refractivity contribution >= 4 is 15.9 Å². The molecule has 0 atom stereocenters. The molecule has 0 amide bonds. The summed E-state index contributed by atoms with van der Waals surface area (Å²) in [5, 5.41) is 3.62. The Bertz CT molecular complexity index is 363. The summed E-state index contributed by atoms with van der Waals surface area (Å²) in [4.78, 5) is 0. The van der Waals surface area contributed by atoms with Crippen molar-refractivity contribution in [3.05, 3.63) is 33.3 Å². The van der Waals surface area contributed by atoms with Gasteiger partial charge in [-0.3, -0.25) is 0 Å². The highest BCUT2D eigenvalue weighted by Crippen LogP contribution is 2.22. The van der Waals surface area contributed by atoms with Crippen LogP contribution < -0.4 is 5.32 Å². The van der Waals surface area contributed by atoms with E-state index in [1.54, 1.807) is 0 Å². The minimum atomic E-state index is 0.619. The van der Waals surface area contributed by atoms with Gasteiger partial charge in [0.15, 0.2) is 0 Å². The number of hydrogen-bond acceptors (Lipinski definition) is 2. The maximum atomic E-state index is 5.36. The second kappa shape index (κ2) is 5.98. The normalized spacial score (nSPS) is 17.4. The number of hydrogen-bond donors (Lipinski definition) is 1. The van der Waals surface area contributed by atoms with Crippen LogP contribution in [0.2, 0.25) is 0 Å². The molecule has 94 valence electrons. The molecule has 0 radical (unpaired) electrons. The highest BCUT2D eigenvalue weighted by molar-refractivity contribution is 9.10. The smallest absolute Gasteiger partial charge is 0.0480 e. The molecule has 3 heteroatoms. The molecule has 2 rings (SSSR count).